The minimum Gasteiger partial charge on any atom is -0.444 e. The monoisotopic (exact) mass is 409 g/mol. The number of ketones is 1. The van der Waals surface area contributed by atoms with Crippen molar-refractivity contribution in [3.8, 4) is 0 Å². The lowest BCUT2D eigenvalue weighted by Crippen LogP contribution is -2.45. The first-order valence-electron chi connectivity index (χ1n) is 9.48. The Kier molecular flexibility index (Phi) is 5.08. The van der Waals surface area contributed by atoms with E-state index in [2.05, 4.69) is 9.97 Å². The fourth-order valence-corrected chi connectivity index (χ4v) is 4.81. The van der Waals surface area contributed by atoms with Crippen molar-refractivity contribution in [1.29, 1.82) is 0 Å². The molecular weight excluding hydrogens is 386 g/mol. The molecule has 150 valence electrons. The van der Waals surface area contributed by atoms with Crippen molar-refractivity contribution in [3.63, 3.8) is 0 Å². The fraction of sp³-hybridized carbons (Fsp3) is 0.318. The molecule has 0 radical (unpaired) electrons. The molecule has 0 bridgehead atoms. The van der Waals surface area contributed by atoms with E-state index in [0.29, 0.717) is 11.4 Å². The molecule has 4 rings (SSSR count). The first kappa shape index (κ1) is 19.5. The van der Waals surface area contributed by atoms with Gasteiger partial charge in [0.1, 0.15) is 17.0 Å². The van der Waals surface area contributed by atoms with Gasteiger partial charge in [0.25, 0.3) is 0 Å². The normalized spacial score (nSPS) is 19.5. The fourth-order valence-electron chi connectivity index (χ4n) is 3.41. The van der Waals surface area contributed by atoms with Crippen LogP contribution in [0.5, 0.6) is 0 Å². The van der Waals surface area contributed by atoms with Gasteiger partial charge in [-0.05, 0) is 39.0 Å². The maximum absolute atomic E-state index is 13.4. The minimum absolute atomic E-state index is 0.119. The Hall–Kier alpha value is -2.80. The largest absolute Gasteiger partial charge is 0.444 e. The van der Waals surface area contributed by atoms with Crippen LogP contribution < -0.4 is 0 Å². The van der Waals surface area contributed by atoms with Crippen LogP contribution in [0.1, 0.15) is 42.2 Å². The summed E-state index contributed by atoms with van der Waals surface area (Å²) in [6.07, 6.45) is 2.92. The third-order valence-corrected chi connectivity index (χ3v) is 6.00. The van der Waals surface area contributed by atoms with Crippen LogP contribution in [-0.2, 0) is 4.74 Å². The van der Waals surface area contributed by atoms with Gasteiger partial charge in [0.2, 0.25) is 5.78 Å². The van der Waals surface area contributed by atoms with E-state index in [4.69, 9.17) is 4.74 Å². The number of thioether (sulfide) groups is 1. The molecule has 1 aliphatic heterocycles. The number of H-pyrrole nitrogens is 1. The Morgan fingerprint density at radius 2 is 2.00 bits per heavy atom. The number of para-hydroxylation sites is 1. The number of Topliss-reactive ketones (excluding diaryl/α,β-unsaturated/α-hetero) is 1. The van der Waals surface area contributed by atoms with Gasteiger partial charge < -0.3 is 9.72 Å². The molecule has 1 amide bonds. The van der Waals surface area contributed by atoms with E-state index >= 15 is 0 Å². The zero-order valence-corrected chi connectivity index (χ0v) is 17.4. The number of carbonyl (C=O) groups is 2. The second-order valence-electron chi connectivity index (χ2n) is 8.01. The number of nitrogens with zero attached hydrogens (tertiary/aromatic N) is 2. The zero-order chi connectivity index (χ0) is 20.6. The van der Waals surface area contributed by atoms with Crippen LogP contribution in [0.4, 0.5) is 4.79 Å². The van der Waals surface area contributed by atoms with Crippen molar-refractivity contribution in [2.75, 3.05) is 5.75 Å². The molecule has 1 saturated heterocycles. The molecule has 1 fully saturated rings. The molecule has 2 aromatic heterocycles. The van der Waals surface area contributed by atoms with Crippen molar-refractivity contribution in [2.45, 2.75) is 37.8 Å². The first-order chi connectivity index (χ1) is 13.8. The number of aromatic amines is 1. The molecule has 3 heterocycles. The van der Waals surface area contributed by atoms with Crippen LogP contribution in [0.15, 0.2) is 54.9 Å². The van der Waals surface area contributed by atoms with E-state index < -0.39 is 17.7 Å². The molecule has 3 aromatic rings. The Labute approximate surface area is 173 Å². The lowest BCUT2D eigenvalue weighted by molar-refractivity contribution is 0.0172. The van der Waals surface area contributed by atoms with Gasteiger partial charge in [0.05, 0.1) is 5.69 Å². The van der Waals surface area contributed by atoms with Crippen LogP contribution in [0.25, 0.3) is 10.9 Å². The highest BCUT2D eigenvalue weighted by molar-refractivity contribution is 7.99. The van der Waals surface area contributed by atoms with E-state index in [1.165, 1.54) is 0 Å². The molecule has 6 nitrogen and oxygen atoms in total. The summed E-state index contributed by atoms with van der Waals surface area (Å²) in [5, 5.41) is 0.644. The van der Waals surface area contributed by atoms with Gasteiger partial charge in [-0.2, -0.15) is 0 Å². The Balaban J connectivity index is 1.68. The standard InChI is InChI=1S/C22H23N3O3S/c1-22(2,3)28-21(27)25-18(13-29-20(25)15-8-6-10-23-12-15)19(26)17-11-14-7-4-5-9-16(14)24-17/h4-12,18,20,24H,13H2,1-3H3. The molecule has 29 heavy (non-hydrogen) atoms. The molecule has 1 N–H and O–H groups in total. The smallest absolute Gasteiger partial charge is 0.412 e. The molecular formula is C22H23N3O3S. The average molecular weight is 410 g/mol. The van der Waals surface area contributed by atoms with Crippen molar-refractivity contribution in [2.24, 2.45) is 0 Å². The second kappa shape index (κ2) is 7.55. The Bertz CT molecular complexity index is 1010. The number of carbonyl (C=O) groups excluding carboxylic acids is 2. The SMILES string of the molecule is CC(C)(C)OC(=O)N1C(C(=O)c2cc3ccccc3[nH]2)CSC1c1cccnc1. The van der Waals surface area contributed by atoms with Crippen LogP contribution >= 0.6 is 11.8 Å². The summed E-state index contributed by atoms with van der Waals surface area (Å²) in [4.78, 5) is 35.3. The summed E-state index contributed by atoms with van der Waals surface area (Å²) >= 11 is 1.55. The number of fused-ring (bicyclic) bond motifs is 1. The highest BCUT2D eigenvalue weighted by Crippen LogP contribution is 2.42. The van der Waals surface area contributed by atoms with E-state index in [9.17, 15) is 9.59 Å². The van der Waals surface area contributed by atoms with Crippen molar-refractivity contribution < 1.29 is 14.3 Å². The van der Waals surface area contributed by atoms with Crippen LogP contribution in [-0.4, -0.2) is 44.1 Å². The average Bonchev–Trinajstić information content (AvgIpc) is 3.31. The quantitative estimate of drug-likeness (QED) is 0.629. The van der Waals surface area contributed by atoms with E-state index in [1.807, 2.05) is 63.2 Å². The summed E-state index contributed by atoms with van der Waals surface area (Å²) in [7, 11) is 0. The number of amides is 1. The Morgan fingerprint density at radius 1 is 1.21 bits per heavy atom. The first-order valence-corrected chi connectivity index (χ1v) is 10.5. The lowest BCUT2D eigenvalue weighted by atomic mass is 10.1. The van der Waals surface area contributed by atoms with Gasteiger partial charge in [-0.25, -0.2) is 4.79 Å². The number of aromatic nitrogens is 2. The van der Waals surface area contributed by atoms with E-state index in [0.717, 1.165) is 16.5 Å². The summed E-state index contributed by atoms with van der Waals surface area (Å²) in [5.41, 5.74) is 1.61. The number of ether oxygens (including phenoxy) is 1. The number of benzene rings is 1. The molecule has 0 saturated carbocycles. The van der Waals surface area contributed by atoms with Crippen LogP contribution in [0.2, 0.25) is 0 Å². The molecule has 0 spiro atoms. The topological polar surface area (TPSA) is 75.3 Å². The van der Waals surface area contributed by atoms with Gasteiger partial charge in [0, 0.05) is 34.6 Å². The highest BCUT2D eigenvalue weighted by atomic mass is 32.2. The minimum atomic E-state index is -0.654. The second-order valence-corrected chi connectivity index (χ2v) is 9.12. The molecule has 0 aliphatic carbocycles. The lowest BCUT2D eigenvalue weighted by Gasteiger charge is -2.31. The maximum Gasteiger partial charge on any atom is 0.412 e. The van der Waals surface area contributed by atoms with Gasteiger partial charge in [0.15, 0.2) is 0 Å². The van der Waals surface area contributed by atoms with Gasteiger partial charge in [-0.1, -0.05) is 24.3 Å². The third-order valence-electron chi connectivity index (χ3n) is 4.67. The number of nitrogens with one attached hydrogen (secondary N) is 1. The van der Waals surface area contributed by atoms with Crippen molar-refractivity contribution in [3.05, 3.63) is 66.1 Å². The van der Waals surface area contributed by atoms with Crippen molar-refractivity contribution in [1.82, 2.24) is 14.9 Å². The zero-order valence-electron chi connectivity index (χ0n) is 16.6. The molecule has 2 unspecified atom stereocenters. The van der Waals surface area contributed by atoms with Crippen LogP contribution in [0.3, 0.4) is 0 Å². The predicted molar refractivity (Wildman–Crippen MR) is 114 cm³/mol. The number of hydrogen-bond donors (Lipinski definition) is 1. The number of hydrogen-bond acceptors (Lipinski definition) is 5. The molecule has 1 aliphatic rings. The third kappa shape index (κ3) is 4.00. The summed E-state index contributed by atoms with van der Waals surface area (Å²) in [5.74, 6) is 0.374. The molecule has 2 atom stereocenters. The highest BCUT2D eigenvalue weighted by Gasteiger charge is 2.44. The van der Waals surface area contributed by atoms with Gasteiger partial charge in [-0.15, -0.1) is 11.8 Å². The summed E-state index contributed by atoms with van der Waals surface area (Å²) < 4.78 is 5.64. The predicted octanol–water partition coefficient (Wildman–Crippen LogP) is 4.80. The summed E-state index contributed by atoms with van der Waals surface area (Å²) in [6.45, 7) is 5.46. The van der Waals surface area contributed by atoms with Gasteiger partial charge >= 0.3 is 6.09 Å². The number of rotatable bonds is 3. The van der Waals surface area contributed by atoms with Crippen LogP contribution in [0, 0.1) is 0 Å². The van der Waals surface area contributed by atoms with E-state index in [1.54, 1.807) is 29.1 Å². The summed E-state index contributed by atoms with van der Waals surface area (Å²) in [6, 6.07) is 12.7. The molecule has 7 heteroatoms. The number of pyridine rings is 1. The maximum atomic E-state index is 13.4. The van der Waals surface area contributed by atoms with Gasteiger partial charge in [-0.3, -0.25) is 14.7 Å². The van der Waals surface area contributed by atoms with Crippen molar-refractivity contribution >= 4 is 34.5 Å². The van der Waals surface area contributed by atoms with E-state index in [-0.39, 0.29) is 11.2 Å². The molecule has 1 aromatic carbocycles. The Morgan fingerprint density at radius 3 is 2.69 bits per heavy atom.